The molecule has 2 N–H and O–H groups in total. The van der Waals surface area contributed by atoms with E-state index in [0.29, 0.717) is 17.2 Å². The fourth-order valence-electron chi connectivity index (χ4n) is 1.42. The summed E-state index contributed by atoms with van der Waals surface area (Å²) in [5.74, 6) is 0.551. The van der Waals surface area contributed by atoms with Crippen molar-refractivity contribution in [1.82, 2.24) is 9.36 Å². The van der Waals surface area contributed by atoms with Gasteiger partial charge in [0, 0.05) is 12.3 Å². The van der Waals surface area contributed by atoms with Crippen molar-refractivity contribution in [1.29, 1.82) is 0 Å². The summed E-state index contributed by atoms with van der Waals surface area (Å²) in [6, 6.07) is 6.69. The predicted molar refractivity (Wildman–Crippen MR) is 77.0 cm³/mol. The summed E-state index contributed by atoms with van der Waals surface area (Å²) in [5, 5.41) is 0. The van der Waals surface area contributed by atoms with E-state index >= 15 is 0 Å². The first-order valence-corrected chi connectivity index (χ1v) is 8.94. The fourth-order valence-corrected chi connectivity index (χ4v) is 4.58. The Hall–Kier alpha value is -0.960. The van der Waals surface area contributed by atoms with Gasteiger partial charge in [0.25, 0.3) is 0 Å². The summed E-state index contributed by atoms with van der Waals surface area (Å²) in [6.45, 7) is 0.410. The minimum absolute atomic E-state index is 0.0826. The molecule has 0 atom stereocenters. The Labute approximate surface area is 120 Å². The summed E-state index contributed by atoms with van der Waals surface area (Å²) in [5.41, 5.74) is 6.40. The highest BCUT2D eigenvalue weighted by molar-refractivity contribution is 8.02. The third-order valence-corrected chi connectivity index (χ3v) is 6.23. The Kier molecular flexibility index (Phi) is 4.92. The second kappa shape index (κ2) is 6.47. The van der Waals surface area contributed by atoms with Crippen LogP contribution in [0, 0.1) is 0 Å². The van der Waals surface area contributed by atoms with Gasteiger partial charge < -0.3 is 5.73 Å². The van der Waals surface area contributed by atoms with Gasteiger partial charge in [-0.15, -0.1) is 0 Å². The van der Waals surface area contributed by atoms with Crippen LogP contribution in [0.25, 0.3) is 0 Å². The topological polar surface area (TPSA) is 85.9 Å². The second-order valence-electron chi connectivity index (χ2n) is 3.72. The number of aromatic nitrogens is 2. The Morgan fingerprint density at radius 3 is 2.58 bits per heavy atom. The molecule has 0 saturated carbocycles. The summed E-state index contributed by atoms with van der Waals surface area (Å²) in [4.78, 5) is 4.33. The van der Waals surface area contributed by atoms with Crippen molar-refractivity contribution < 1.29 is 8.42 Å². The maximum absolute atomic E-state index is 12.1. The van der Waals surface area contributed by atoms with Crippen LogP contribution in [-0.4, -0.2) is 29.3 Å². The molecule has 1 aromatic heterocycles. The van der Waals surface area contributed by atoms with Gasteiger partial charge in [0.15, 0.2) is 14.2 Å². The normalized spacial score (nSPS) is 11.6. The van der Waals surface area contributed by atoms with Crippen LogP contribution in [0.1, 0.15) is 5.56 Å². The Balaban J connectivity index is 1.97. The van der Waals surface area contributed by atoms with Crippen LogP contribution in [0.2, 0.25) is 0 Å². The van der Waals surface area contributed by atoms with Crippen molar-refractivity contribution in [3.8, 4) is 0 Å². The molecule has 0 bridgehead atoms. The van der Waals surface area contributed by atoms with Crippen LogP contribution in [0.4, 0.5) is 0 Å². The summed E-state index contributed by atoms with van der Waals surface area (Å²) >= 11 is 2.67. The number of nitrogens with two attached hydrogens (primary N) is 1. The van der Waals surface area contributed by atoms with E-state index < -0.39 is 9.84 Å². The molecule has 0 spiro atoms. The van der Waals surface area contributed by atoms with E-state index in [1.165, 1.54) is 29.6 Å². The van der Waals surface area contributed by atoms with Crippen molar-refractivity contribution in [2.24, 2.45) is 5.73 Å². The second-order valence-corrected chi connectivity index (χ2v) is 7.95. The fraction of sp³-hybridized carbons (Fsp3) is 0.273. The van der Waals surface area contributed by atoms with E-state index in [-0.39, 0.29) is 5.75 Å². The maximum atomic E-state index is 12.1. The number of nitrogens with zero attached hydrogens (tertiary/aromatic N) is 2. The van der Waals surface area contributed by atoms with Gasteiger partial charge in [-0.25, -0.2) is 13.4 Å². The van der Waals surface area contributed by atoms with Gasteiger partial charge >= 0.3 is 0 Å². The SMILES string of the molecule is NCc1ccc(S(=O)(=O)CCSc2ncns2)cc1. The number of hydrogen-bond acceptors (Lipinski definition) is 7. The molecule has 0 aliphatic heterocycles. The molecule has 102 valence electrons. The molecule has 0 aliphatic rings. The molecule has 1 aromatic carbocycles. The highest BCUT2D eigenvalue weighted by Gasteiger charge is 2.14. The average molecular weight is 315 g/mol. The standard InChI is InChI=1S/C11H13N3O2S3/c12-7-9-1-3-10(4-2-9)19(15,16)6-5-17-11-13-8-14-18-11/h1-4,8H,5-7,12H2. The van der Waals surface area contributed by atoms with E-state index in [1.54, 1.807) is 24.3 Å². The molecule has 2 aromatic rings. The Morgan fingerprint density at radius 1 is 1.26 bits per heavy atom. The number of rotatable bonds is 6. The smallest absolute Gasteiger partial charge is 0.179 e. The zero-order valence-corrected chi connectivity index (χ0v) is 12.5. The molecule has 0 fully saturated rings. The van der Waals surface area contributed by atoms with E-state index in [0.717, 1.165) is 9.90 Å². The van der Waals surface area contributed by atoms with Crippen LogP contribution in [0.3, 0.4) is 0 Å². The first-order valence-electron chi connectivity index (χ1n) is 5.53. The van der Waals surface area contributed by atoms with Crippen molar-refractivity contribution in [3.05, 3.63) is 36.2 Å². The van der Waals surface area contributed by atoms with Gasteiger partial charge in [-0.05, 0) is 29.2 Å². The minimum atomic E-state index is -3.24. The Bertz CT molecular complexity index is 609. The lowest BCUT2D eigenvalue weighted by atomic mass is 10.2. The van der Waals surface area contributed by atoms with Crippen LogP contribution in [0.15, 0.2) is 39.8 Å². The lowest BCUT2D eigenvalue weighted by Gasteiger charge is -2.04. The van der Waals surface area contributed by atoms with Crippen molar-refractivity contribution in [2.75, 3.05) is 11.5 Å². The number of benzene rings is 1. The van der Waals surface area contributed by atoms with Gasteiger partial charge in [0.2, 0.25) is 0 Å². The summed E-state index contributed by atoms with van der Waals surface area (Å²) in [6.07, 6.45) is 1.47. The van der Waals surface area contributed by atoms with Gasteiger partial charge in [0.1, 0.15) is 6.33 Å². The highest BCUT2D eigenvalue weighted by Crippen LogP contribution is 2.20. The summed E-state index contributed by atoms with van der Waals surface area (Å²) < 4.78 is 28.8. The zero-order chi connectivity index (χ0) is 13.7. The molecule has 1 heterocycles. The van der Waals surface area contributed by atoms with Crippen molar-refractivity contribution >= 4 is 33.1 Å². The zero-order valence-electron chi connectivity index (χ0n) is 10.0. The monoisotopic (exact) mass is 315 g/mol. The first-order chi connectivity index (χ1) is 9.12. The molecular formula is C11H13N3O2S3. The molecule has 0 aliphatic carbocycles. The largest absolute Gasteiger partial charge is 0.326 e. The highest BCUT2D eigenvalue weighted by atomic mass is 32.2. The lowest BCUT2D eigenvalue weighted by molar-refractivity contribution is 0.597. The predicted octanol–water partition coefficient (Wildman–Crippen LogP) is 1.56. The van der Waals surface area contributed by atoms with E-state index in [4.69, 9.17) is 5.73 Å². The lowest BCUT2D eigenvalue weighted by Crippen LogP contribution is -2.09. The van der Waals surface area contributed by atoms with Crippen LogP contribution < -0.4 is 5.73 Å². The first kappa shape index (κ1) is 14.4. The quantitative estimate of drug-likeness (QED) is 0.814. The van der Waals surface area contributed by atoms with Gasteiger partial charge in [-0.3, -0.25) is 0 Å². The summed E-state index contributed by atoms with van der Waals surface area (Å²) in [7, 11) is -3.24. The molecule has 19 heavy (non-hydrogen) atoms. The average Bonchev–Trinajstić information content (AvgIpc) is 2.92. The minimum Gasteiger partial charge on any atom is -0.326 e. The van der Waals surface area contributed by atoms with Gasteiger partial charge in [-0.1, -0.05) is 23.9 Å². The molecule has 0 amide bonds. The van der Waals surface area contributed by atoms with Gasteiger partial charge in [-0.2, -0.15) is 4.37 Å². The van der Waals surface area contributed by atoms with Crippen molar-refractivity contribution in [3.63, 3.8) is 0 Å². The molecule has 8 heteroatoms. The third kappa shape index (κ3) is 4.00. The molecule has 2 rings (SSSR count). The van der Waals surface area contributed by atoms with Crippen molar-refractivity contribution in [2.45, 2.75) is 15.8 Å². The Morgan fingerprint density at radius 2 is 2.00 bits per heavy atom. The van der Waals surface area contributed by atoms with E-state index in [9.17, 15) is 8.42 Å². The number of sulfone groups is 1. The molecular weight excluding hydrogens is 302 g/mol. The number of hydrogen-bond donors (Lipinski definition) is 1. The van der Waals surface area contributed by atoms with E-state index in [2.05, 4.69) is 9.36 Å². The number of thioether (sulfide) groups is 1. The van der Waals surface area contributed by atoms with Crippen LogP contribution in [-0.2, 0) is 16.4 Å². The molecule has 0 radical (unpaired) electrons. The molecule has 0 unspecified atom stereocenters. The third-order valence-electron chi connectivity index (χ3n) is 2.44. The van der Waals surface area contributed by atoms with Crippen LogP contribution >= 0.6 is 23.3 Å². The molecule has 5 nitrogen and oxygen atoms in total. The molecule has 0 saturated heterocycles. The van der Waals surface area contributed by atoms with Crippen LogP contribution in [0.5, 0.6) is 0 Å². The van der Waals surface area contributed by atoms with Gasteiger partial charge in [0.05, 0.1) is 10.6 Å². The van der Waals surface area contributed by atoms with E-state index in [1.807, 2.05) is 0 Å². The maximum Gasteiger partial charge on any atom is 0.179 e.